The third kappa shape index (κ3) is 2.34. The lowest BCUT2D eigenvalue weighted by Crippen LogP contribution is -2.01. The van der Waals surface area contributed by atoms with Crippen LogP contribution in [0.4, 0.5) is 0 Å². The second kappa shape index (κ2) is 4.00. The zero-order chi connectivity index (χ0) is 10.8. The SMILES string of the molecule is O=C(O)c1nc(Cn2cc(Cl)cn2)cs1. The number of carboxylic acid groups (broad SMARTS) is 1. The fourth-order valence-electron chi connectivity index (χ4n) is 1.07. The summed E-state index contributed by atoms with van der Waals surface area (Å²) in [6.07, 6.45) is 3.17. The monoisotopic (exact) mass is 243 g/mol. The molecule has 2 rings (SSSR count). The maximum absolute atomic E-state index is 10.6. The molecule has 0 atom stereocenters. The normalized spacial score (nSPS) is 10.5. The van der Waals surface area contributed by atoms with E-state index in [2.05, 4.69) is 10.1 Å². The second-order valence-corrected chi connectivity index (χ2v) is 4.10. The summed E-state index contributed by atoms with van der Waals surface area (Å²) in [5.41, 5.74) is 0.664. The van der Waals surface area contributed by atoms with Gasteiger partial charge in [0.1, 0.15) is 0 Å². The molecule has 1 N–H and O–H groups in total. The Labute approximate surface area is 93.9 Å². The zero-order valence-corrected chi connectivity index (χ0v) is 8.99. The van der Waals surface area contributed by atoms with Gasteiger partial charge in [-0.2, -0.15) is 5.10 Å². The van der Waals surface area contributed by atoms with E-state index in [0.29, 0.717) is 17.3 Å². The van der Waals surface area contributed by atoms with Crippen LogP contribution in [0.3, 0.4) is 0 Å². The molecule has 7 heteroatoms. The first-order valence-electron chi connectivity index (χ1n) is 4.01. The molecule has 5 nitrogen and oxygen atoms in total. The number of halogens is 1. The molecule has 0 amide bonds. The van der Waals surface area contributed by atoms with Gasteiger partial charge in [0.05, 0.1) is 23.5 Å². The van der Waals surface area contributed by atoms with Crippen molar-refractivity contribution in [3.63, 3.8) is 0 Å². The van der Waals surface area contributed by atoms with Gasteiger partial charge in [-0.3, -0.25) is 4.68 Å². The van der Waals surface area contributed by atoms with Crippen LogP contribution in [-0.4, -0.2) is 25.8 Å². The lowest BCUT2D eigenvalue weighted by atomic mass is 10.5. The molecule has 0 radical (unpaired) electrons. The van der Waals surface area contributed by atoms with Gasteiger partial charge in [0.2, 0.25) is 5.01 Å². The van der Waals surface area contributed by atoms with Gasteiger partial charge in [-0.1, -0.05) is 11.6 Å². The van der Waals surface area contributed by atoms with E-state index in [4.69, 9.17) is 16.7 Å². The molecule has 0 aliphatic carbocycles. The van der Waals surface area contributed by atoms with E-state index in [1.54, 1.807) is 16.3 Å². The second-order valence-electron chi connectivity index (χ2n) is 2.81. The van der Waals surface area contributed by atoms with Gasteiger partial charge < -0.3 is 5.11 Å². The number of carboxylic acids is 1. The van der Waals surface area contributed by atoms with Crippen molar-refractivity contribution in [2.24, 2.45) is 0 Å². The average Bonchev–Trinajstić information content (AvgIpc) is 2.76. The summed E-state index contributed by atoms with van der Waals surface area (Å²) >= 11 is 6.79. The molecule has 2 aromatic rings. The smallest absolute Gasteiger partial charge is 0.365 e. The molecule has 15 heavy (non-hydrogen) atoms. The Morgan fingerprint density at radius 1 is 1.67 bits per heavy atom. The van der Waals surface area contributed by atoms with E-state index >= 15 is 0 Å². The number of carbonyl (C=O) groups is 1. The largest absolute Gasteiger partial charge is 0.476 e. The minimum absolute atomic E-state index is 0.0863. The van der Waals surface area contributed by atoms with Crippen molar-refractivity contribution in [1.82, 2.24) is 14.8 Å². The van der Waals surface area contributed by atoms with Gasteiger partial charge in [-0.15, -0.1) is 11.3 Å². The molecule has 2 aromatic heterocycles. The Hall–Kier alpha value is -1.40. The van der Waals surface area contributed by atoms with Crippen molar-refractivity contribution < 1.29 is 9.90 Å². The fourth-order valence-corrected chi connectivity index (χ4v) is 1.87. The molecule has 0 aromatic carbocycles. The van der Waals surface area contributed by atoms with Crippen LogP contribution in [-0.2, 0) is 6.54 Å². The van der Waals surface area contributed by atoms with Crippen LogP contribution in [0.5, 0.6) is 0 Å². The highest BCUT2D eigenvalue weighted by molar-refractivity contribution is 7.11. The van der Waals surface area contributed by atoms with Crippen LogP contribution < -0.4 is 0 Å². The number of aromatic nitrogens is 3. The molecule has 0 spiro atoms. The summed E-state index contributed by atoms with van der Waals surface area (Å²) in [4.78, 5) is 14.5. The van der Waals surface area contributed by atoms with Crippen molar-refractivity contribution in [2.75, 3.05) is 0 Å². The maximum atomic E-state index is 10.6. The van der Waals surface area contributed by atoms with Crippen molar-refractivity contribution in [2.45, 2.75) is 6.54 Å². The highest BCUT2D eigenvalue weighted by atomic mass is 35.5. The van der Waals surface area contributed by atoms with E-state index in [1.165, 1.54) is 6.20 Å². The number of aromatic carboxylic acids is 1. The lowest BCUT2D eigenvalue weighted by molar-refractivity contribution is 0.0696. The van der Waals surface area contributed by atoms with Gasteiger partial charge in [0.15, 0.2) is 0 Å². The molecule has 0 fully saturated rings. The summed E-state index contributed by atoms with van der Waals surface area (Å²) < 4.78 is 1.60. The predicted molar refractivity (Wildman–Crippen MR) is 55.4 cm³/mol. The summed E-state index contributed by atoms with van der Waals surface area (Å²) in [6, 6.07) is 0. The van der Waals surface area contributed by atoms with Gasteiger partial charge in [-0.05, 0) is 0 Å². The van der Waals surface area contributed by atoms with Crippen molar-refractivity contribution in [3.05, 3.63) is 33.5 Å². The quantitative estimate of drug-likeness (QED) is 0.892. The highest BCUT2D eigenvalue weighted by Gasteiger charge is 2.09. The molecule has 0 bridgehead atoms. The fraction of sp³-hybridized carbons (Fsp3) is 0.125. The van der Waals surface area contributed by atoms with Crippen LogP contribution in [0.1, 0.15) is 15.5 Å². The van der Waals surface area contributed by atoms with Crippen LogP contribution in [0.25, 0.3) is 0 Å². The Kier molecular flexibility index (Phi) is 2.70. The summed E-state index contributed by atoms with van der Waals surface area (Å²) in [5.74, 6) is -1.01. The Bertz CT molecular complexity index is 494. The number of nitrogens with zero attached hydrogens (tertiary/aromatic N) is 3. The molecule has 0 aliphatic rings. The van der Waals surface area contributed by atoms with Crippen LogP contribution in [0.15, 0.2) is 17.8 Å². The van der Waals surface area contributed by atoms with Gasteiger partial charge in [0, 0.05) is 11.6 Å². The maximum Gasteiger partial charge on any atom is 0.365 e. The van der Waals surface area contributed by atoms with E-state index in [-0.39, 0.29) is 5.01 Å². The Balaban J connectivity index is 2.14. The minimum atomic E-state index is -1.01. The van der Waals surface area contributed by atoms with E-state index < -0.39 is 5.97 Å². The molecule has 0 saturated carbocycles. The Morgan fingerprint density at radius 2 is 2.47 bits per heavy atom. The van der Waals surface area contributed by atoms with Crippen LogP contribution in [0, 0.1) is 0 Å². The minimum Gasteiger partial charge on any atom is -0.476 e. The summed E-state index contributed by atoms with van der Waals surface area (Å²) in [7, 11) is 0. The van der Waals surface area contributed by atoms with Gasteiger partial charge >= 0.3 is 5.97 Å². The first kappa shape index (κ1) is 10.1. The standard InChI is InChI=1S/C8H6ClN3O2S/c9-5-1-10-12(2-5)3-6-4-15-7(11-6)8(13)14/h1-2,4H,3H2,(H,13,14). The number of thiazole rings is 1. The molecular weight excluding hydrogens is 238 g/mol. The van der Waals surface area contributed by atoms with E-state index in [9.17, 15) is 4.79 Å². The Morgan fingerprint density at radius 3 is 3.00 bits per heavy atom. The summed E-state index contributed by atoms with van der Waals surface area (Å²) in [5, 5.41) is 15.0. The zero-order valence-electron chi connectivity index (χ0n) is 7.42. The first-order valence-corrected chi connectivity index (χ1v) is 5.26. The van der Waals surface area contributed by atoms with Gasteiger partial charge in [0.25, 0.3) is 0 Å². The van der Waals surface area contributed by atoms with Crippen molar-refractivity contribution in [1.29, 1.82) is 0 Å². The molecule has 2 heterocycles. The van der Waals surface area contributed by atoms with Crippen LogP contribution in [0.2, 0.25) is 5.02 Å². The topological polar surface area (TPSA) is 68.0 Å². The molecule has 78 valence electrons. The number of rotatable bonds is 3. The average molecular weight is 244 g/mol. The first-order chi connectivity index (χ1) is 7.15. The van der Waals surface area contributed by atoms with E-state index in [0.717, 1.165) is 11.3 Å². The molecule has 0 unspecified atom stereocenters. The summed E-state index contributed by atoms with van der Waals surface area (Å²) in [6.45, 7) is 0.427. The lowest BCUT2D eigenvalue weighted by Gasteiger charge is -1.95. The third-order valence-electron chi connectivity index (χ3n) is 1.66. The van der Waals surface area contributed by atoms with Gasteiger partial charge in [-0.25, -0.2) is 9.78 Å². The van der Waals surface area contributed by atoms with Crippen LogP contribution >= 0.6 is 22.9 Å². The van der Waals surface area contributed by atoms with E-state index in [1.807, 2.05) is 0 Å². The van der Waals surface area contributed by atoms with Crippen molar-refractivity contribution in [3.8, 4) is 0 Å². The number of hydrogen-bond acceptors (Lipinski definition) is 4. The molecule has 0 aliphatic heterocycles. The third-order valence-corrected chi connectivity index (χ3v) is 2.73. The number of hydrogen-bond donors (Lipinski definition) is 1. The van der Waals surface area contributed by atoms with Crippen molar-refractivity contribution >= 4 is 28.9 Å². The molecule has 0 saturated heterocycles. The molecular formula is C8H6ClN3O2S. The highest BCUT2D eigenvalue weighted by Crippen LogP contribution is 2.12. The predicted octanol–water partition coefficient (Wildman–Crippen LogP) is 1.74.